The number of nitrogens with zero attached hydrogens (tertiary/aromatic N) is 4. The topological polar surface area (TPSA) is 88.0 Å². The van der Waals surface area contributed by atoms with Crippen molar-refractivity contribution in [2.24, 2.45) is 0 Å². The molecule has 1 aromatic carbocycles. The molecule has 8 heteroatoms. The molecule has 2 aliphatic rings. The number of likely N-dealkylation sites (tertiary alicyclic amines) is 1. The second kappa shape index (κ2) is 6.94. The molecule has 1 aromatic heterocycles. The molecule has 0 aliphatic carbocycles. The first-order valence-electron chi connectivity index (χ1n) is 9.21. The van der Waals surface area contributed by atoms with Gasteiger partial charge in [-0.15, -0.1) is 0 Å². The molecule has 1 saturated heterocycles. The van der Waals surface area contributed by atoms with Crippen LogP contribution in [-0.2, 0) is 16.8 Å². The van der Waals surface area contributed by atoms with E-state index in [0.29, 0.717) is 38.0 Å². The third-order valence-corrected chi connectivity index (χ3v) is 5.47. The van der Waals surface area contributed by atoms with Crippen molar-refractivity contribution in [3.8, 4) is 11.5 Å². The summed E-state index contributed by atoms with van der Waals surface area (Å²) >= 11 is 0. The van der Waals surface area contributed by atoms with Gasteiger partial charge in [-0.25, -0.2) is 9.97 Å². The number of hydrogen-bond acceptors (Lipinski definition) is 7. The van der Waals surface area contributed by atoms with Gasteiger partial charge in [0.25, 0.3) is 5.91 Å². The summed E-state index contributed by atoms with van der Waals surface area (Å²) < 4.78 is 11.0. The smallest absolute Gasteiger partial charge is 0.257 e. The van der Waals surface area contributed by atoms with Crippen molar-refractivity contribution in [1.82, 2.24) is 14.9 Å². The van der Waals surface area contributed by atoms with Crippen LogP contribution >= 0.6 is 0 Å². The predicted molar refractivity (Wildman–Crippen MR) is 103 cm³/mol. The monoisotopic (exact) mass is 384 g/mol. The lowest BCUT2D eigenvalue weighted by Crippen LogP contribution is -2.42. The van der Waals surface area contributed by atoms with Gasteiger partial charge in [0.05, 0.1) is 37.0 Å². The highest BCUT2D eigenvalue weighted by Crippen LogP contribution is 2.40. The number of ether oxygens (including phenoxy) is 2. The normalized spacial score (nSPS) is 20.9. The van der Waals surface area contributed by atoms with Gasteiger partial charge in [-0.2, -0.15) is 0 Å². The Labute approximate surface area is 163 Å². The summed E-state index contributed by atoms with van der Waals surface area (Å²) in [4.78, 5) is 25.9. The molecule has 2 aliphatic heterocycles. The lowest BCUT2D eigenvalue weighted by atomic mass is 9.80. The standard InChI is InChI=1S/C20H24N4O4/c1-23(2)19-21-9-13-10-28-12-20(17(13)22-19)6-7-24(11-20)18(26)15-8-14(27-3)4-5-16(15)25/h4-5,8-9,25H,6-7,10-12H2,1-3H3. The number of phenolic OH excluding ortho intramolecular Hbond substituents is 1. The minimum atomic E-state index is -0.356. The Kier molecular flexibility index (Phi) is 4.58. The minimum absolute atomic E-state index is 0.0516. The van der Waals surface area contributed by atoms with Gasteiger partial charge >= 0.3 is 0 Å². The maximum absolute atomic E-state index is 13.1. The zero-order valence-electron chi connectivity index (χ0n) is 16.3. The largest absolute Gasteiger partial charge is 0.507 e. The molecule has 1 atom stereocenters. The molecule has 1 unspecified atom stereocenters. The quantitative estimate of drug-likeness (QED) is 0.859. The lowest BCUT2D eigenvalue weighted by Gasteiger charge is -2.34. The number of amides is 1. The van der Waals surface area contributed by atoms with Gasteiger partial charge in [0.1, 0.15) is 11.5 Å². The van der Waals surface area contributed by atoms with Crippen molar-refractivity contribution in [2.45, 2.75) is 18.4 Å². The first kappa shape index (κ1) is 18.5. The first-order valence-corrected chi connectivity index (χ1v) is 9.21. The van der Waals surface area contributed by atoms with Crippen LogP contribution in [0.3, 0.4) is 0 Å². The third-order valence-electron chi connectivity index (χ3n) is 5.47. The zero-order chi connectivity index (χ0) is 19.9. The van der Waals surface area contributed by atoms with Gasteiger partial charge in [0, 0.05) is 38.9 Å². The summed E-state index contributed by atoms with van der Waals surface area (Å²) in [6.45, 7) is 2.05. The van der Waals surface area contributed by atoms with Gasteiger partial charge in [0.15, 0.2) is 0 Å². The molecule has 8 nitrogen and oxygen atoms in total. The zero-order valence-corrected chi connectivity index (χ0v) is 16.3. The molecule has 1 N–H and O–H groups in total. The third kappa shape index (κ3) is 3.03. The van der Waals surface area contributed by atoms with Crippen molar-refractivity contribution in [3.63, 3.8) is 0 Å². The number of carbonyl (C=O) groups is 1. The highest BCUT2D eigenvalue weighted by atomic mass is 16.5. The fraction of sp³-hybridized carbons (Fsp3) is 0.450. The summed E-state index contributed by atoms with van der Waals surface area (Å²) in [6.07, 6.45) is 2.57. The van der Waals surface area contributed by atoms with E-state index < -0.39 is 0 Å². The molecule has 1 amide bonds. The molecule has 1 spiro atoms. The molecule has 3 heterocycles. The Morgan fingerprint density at radius 3 is 2.96 bits per heavy atom. The molecule has 0 bridgehead atoms. The number of phenols is 1. The summed E-state index contributed by atoms with van der Waals surface area (Å²) in [5.74, 6) is 0.909. The van der Waals surface area contributed by atoms with E-state index in [1.807, 2.05) is 25.2 Å². The van der Waals surface area contributed by atoms with E-state index in [1.54, 1.807) is 17.0 Å². The number of methoxy groups -OCH3 is 1. The fourth-order valence-corrected chi connectivity index (χ4v) is 3.94. The Hall–Kier alpha value is -2.87. The molecule has 4 rings (SSSR count). The van der Waals surface area contributed by atoms with E-state index in [9.17, 15) is 9.90 Å². The van der Waals surface area contributed by atoms with Crippen molar-refractivity contribution in [2.75, 3.05) is 45.8 Å². The molecule has 0 saturated carbocycles. The van der Waals surface area contributed by atoms with Crippen LogP contribution in [0.15, 0.2) is 24.4 Å². The Bertz CT molecular complexity index is 917. The molecule has 0 radical (unpaired) electrons. The van der Waals surface area contributed by atoms with Gasteiger partial charge in [-0.3, -0.25) is 4.79 Å². The van der Waals surface area contributed by atoms with E-state index in [-0.39, 0.29) is 22.6 Å². The highest BCUT2D eigenvalue weighted by molar-refractivity contribution is 5.97. The average Bonchev–Trinajstić information content (AvgIpc) is 3.12. The number of carbonyl (C=O) groups excluding carboxylic acids is 1. The predicted octanol–water partition coefficient (Wildman–Crippen LogP) is 1.57. The van der Waals surface area contributed by atoms with Gasteiger partial charge in [-0.1, -0.05) is 0 Å². The first-order chi connectivity index (χ1) is 13.4. The molecular formula is C20H24N4O4. The number of fused-ring (bicyclic) bond motifs is 2. The number of aromatic hydroxyl groups is 1. The van der Waals surface area contributed by atoms with E-state index in [2.05, 4.69) is 4.98 Å². The van der Waals surface area contributed by atoms with Crippen LogP contribution in [0.5, 0.6) is 11.5 Å². The Morgan fingerprint density at radius 2 is 2.21 bits per heavy atom. The average molecular weight is 384 g/mol. The van der Waals surface area contributed by atoms with Crippen LogP contribution < -0.4 is 9.64 Å². The van der Waals surface area contributed by atoms with Gasteiger partial charge in [-0.05, 0) is 24.6 Å². The second-order valence-electron chi connectivity index (χ2n) is 7.57. The number of hydrogen-bond donors (Lipinski definition) is 1. The SMILES string of the molecule is COc1ccc(O)c(C(=O)N2CCC3(COCc4cnc(N(C)C)nc43)C2)c1. The number of rotatable bonds is 3. The maximum atomic E-state index is 13.1. The number of aromatic nitrogens is 2. The van der Waals surface area contributed by atoms with Crippen molar-refractivity contribution in [1.29, 1.82) is 0 Å². The summed E-state index contributed by atoms with van der Waals surface area (Å²) in [5.41, 5.74) is 1.81. The molecule has 2 aromatic rings. The fourth-order valence-electron chi connectivity index (χ4n) is 3.94. The molecule has 148 valence electrons. The van der Waals surface area contributed by atoms with Crippen LogP contribution in [-0.4, -0.2) is 66.8 Å². The van der Waals surface area contributed by atoms with E-state index in [0.717, 1.165) is 17.7 Å². The molecular weight excluding hydrogens is 360 g/mol. The second-order valence-corrected chi connectivity index (χ2v) is 7.57. The lowest BCUT2D eigenvalue weighted by molar-refractivity contribution is 0.0484. The van der Waals surface area contributed by atoms with Crippen LogP contribution in [0.2, 0.25) is 0 Å². The summed E-state index contributed by atoms with van der Waals surface area (Å²) in [6, 6.07) is 4.68. The Balaban J connectivity index is 1.65. The van der Waals surface area contributed by atoms with Gasteiger partial charge < -0.3 is 24.4 Å². The number of benzene rings is 1. The number of anilines is 1. The van der Waals surface area contributed by atoms with E-state index in [1.165, 1.54) is 13.2 Å². The maximum Gasteiger partial charge on any atom is 0.257 e. The van der Waals surface area contributed by atoms with Gasteiger partial charge in [0.2, 0.25) is 5.95 Å². The van der Waals surface area contributed by atoms with Crippen molar-refractivity contribution in [3.05, 3.63) is 41.2 Å². The van der Waals surface area contributed by atoms with E-state index >= 15 is 0 Å². The van der Waals surface area contributed by atoms with Crippen molar-refractivity contribution >= 4 is 11.9 Å². The van der Waals surface area contributed by atoms with E-state index in [4.69, 9.17) is 14.5 Å². The molecule has 1 fully saturated rings. The minimum Gasteiger partial charge on any atom is -0.507 e. The van der Waals surface area contributed by atoms with Crippen LogP contribution in [0.1, 0.15) is 28.0 Å². The van der Waals surface area contributed by atoms with Crippen LogP contribution in [0.25, 0.3) is 0 Å². The molecule has 28 heavy (non-hydrogen) atoms. The van der Waals surface area contributed by atoms with Crippen LogP contribution in [0.4, 0.5) is 5.95 Å². The van der Waals surface area contributed by atoms with Crippen LogP contribution in [0, 0.1) is 0 Å². The Morgan fingerprint density at radius 1 is 1.39 bits per heavy atom. The summed E-state index contributed by atoms with van der Waals surface area (Å²) in [5, 5.41) is 10.2. The highest BCUT2D eigenvalue weighted by Gasteiger charge is 2.46. The summed E-state index contributed by atoms with van der Waals surface area (Å²) in [7, 11) is 5.34. The van der Waals surface area contributed by atoms with Crippen molar-refractivity contribution < 1.29 is 19.4 Å².